The number of aliphatic hydroxyl groups excluding tert-OH is 1. The van der Waals surface area contributed by atoms with Crippen molar-refractivity contribution in [1.82, 2.24) is 0 Å². The third-order valence-corrected chi connectivity index (χ3v) is 3.09. The highest BCUT2D eigenvalue weighted by Crippen LogP contribution is 2.28. The van der Waals surface area contributed by atoms with E-state index >= 15 is 0 Å². The Hall–Kier alpha value is -0.330. The first kappa shape index (κ1) is 11.7. The van der Waals surface area contributed by atoms with E-state index in [-0.39, 0.29) is 12.4 Å². The van der Waals surface area contributed by atoms with E-state index in [0.717, 1.165) is 9.13 Å². The van der Waals surface area contributed by atoms with Crippen LogP contribution >= 0.6 is 22.6 Å². The fraction of sp³-hybridized carbons (Fsp3) is 0.400. The molecule has 1 aromatic rings. The molecule has 0 spiro atoms. The highest BCUT2D eigenvalue weighted by molar-refractivity contribution is 14.1. The van der Waals surface area contributed by atoms with E-state index in [4.69, 9.17) is 10.8 Å². The van der Waals surface area contributed by atoms with Gasteiger partial charge in [0.15, 0.2) is 0 Å². The number of rotatable bonds is 3. The second-order valence-electron chi connectivity index (χ2n) is 3.56. The number of phenolic OH excluding ortho intramolecular Hbond substituents is 1. The molecule has 0 saturated carbocycles. The zero-order chi connectivity index (χ0) is 10.8. The Morgan fingerprint density at radius 3 is 2.64 bits per heavy atom. The summed E-state index contributed by atoms with van der Waals surface area (Å²) in [6, 6.07) is 5.07. The lowest BCUT2D eigenvalue weighted by Crippen LogP contribution is -2.34. The maximum atomic E-state index is 9.24. The molecule has 1 aromatic carbocycles. The molecule has 3 nitrogen and oxygen atoms in total. The van der Waals surface area contributed by atoms with E-state index in [9.17, 15) is 5.11 Å². The first-order valence-electron chi connectivity index (χ1n) is 4.36. The summed E-state index contributed by atoms with van der Waals surface area (Å²) in [5.41, 5.74) is 6.46. The topological polar surface area (TPSA) is 66.5 Å². The van der Waals surface area contributed by atoms with Crippen molar-refractivity contribution < 1.29 is 10.2 Å². The molecular formula is C10H14INO2. The molecule has 4 N–H and O–H groups in total. The summed E-state index contributed by atoms with van der Waals surface area (Å²) in [6.45, 7) is 1.93. The Labute approximate surface area is 97.1 Å². The number of phenols is 1. The van der Waals surface area contributed by atoms with Gasteiger partial charge in [0.1, 0.15) is 5.75 Å². The molecule has 0 saturated heterocycles. The second-order valence-corrected chi connectivity index (χ2v) is 4.72. The van der Waals surface area contributed by atoms with E-state index in [2.05, 4.69) is 22.6 Å². The molecule has 14 heavy (non-hydrogen) atoms. The Bertz CT molecular complexity index is 326. The van der Waals surface area contributed by atoms with Crippen molar-refractivity contribution in [3.8, 4) is 5.75 Å². The number of hydrogen-bond acceptors (Lipinski definition) is 3. The summed E-state index contributed by atoms with van der Waals surface area (Å²) in [5.74, 6) is 0.234. The van der Waals surface area contributed by atoms with Crippen molar-refractivity contribution in [2.75, 3.05) is 6.61 Å². The van der Waals surface area contributed by atoms with Crippen molar-refractivity contribution >= 4 is 22.6 Å². The minimum Gasteiger partial charge on any atom is -0.508 e. The van der Waals surface area contributed by atoms with Crippen LogP contribution in [0.4, 0.5) is 0 Å². The molecule has 0 heterocycles. The van der Waals surface area contributed by atoms with Crippen molar-refractivity contribution in [3.63, 3.8) is 0 Å². The molecule has 0 amide bonds. The summed E-state index contributed by atoms with van der Waals surface area (Å²) in [5, 5.41) is 18.1. The third kappa shape index (κ3) is 2.59. The van der Waals surface area contributed by atoms with Gasteiger partial charge in [-0.3, -0.25) is 0 Å². The van der Waals surface area contributed by atoms with E-state index in [1.165, 1.54) is 0 Å². The predicted octanol–water partition coefficient (Wildman–Crippen LogP) is 1.55. The van der Waals surface area contributed by atoms with Crippen LogP contribution in [-0.4, -0.2) is 16.8 Å². The average molecular weight is 307 g/mol. The van der Waals surface area contributed by atoms with Gasteiger partial charge in [0, 0.05) is 15.7 Å². The molecule has 4 heteroatoms. The van der Waals surface area contributed by atoms with Crippen LogP contribution in [0.3, 0.4) is 0 Å². The monoisotopic (exact) mass is 307 g/mol. The Balaban J connectivity index is 3.06. The van der Waals surface area contributed by atoms with Gasteiger partial charge < -0.3 is 15.9 Å². The quantitative estimate of drug-likeness (QED) is 0.742. The Kier molecular flexibility index (Phi) is 3.74. The zero-order valence-electron chi connectivity index (χ0n) is 8.00. The molecule has 0 aliphatic carbocycles. The second kappa shape index (κ2) is 4.46. The van der Waals surface area contributed by atoms with Crippen LogP contribution < -0.4 is 5.73 Å². The molecule has 1 atom stereocenters. The van der Waals surface area contributed by atoms with E-state index in [1.807, 2.05) is 6.92 Å². The minimum atomic E-state index is -0.543. The van der Waals surface area contributed by atoms with Crippen LogP contribution in [0.5, 0.6) is 5.75 Å². The normalized spacial score (nSPS) is 15.1. The van der Waals surface area contributed by atoms with E-state index < -0.39 is 5.54 Å². The van der Waals surface area contributed by atoms with Crippen molar-refractivity contribution in [2.45, 2.75) is 18.9 Å². The molecule has 0 bridgehead atoms. The highest BCUT2D eigenvalue weighted by Gasteiger charge is 2.22. The van der Waals surface area contributed by atoms with Gasteiger partial charge in [-0.05, 0) is 53.6 Å². The maximum absolute atomic E-state index is 9.24. The van der Waals surface area contributed by atoms with Crippen molar-refractivity contribution in [1.29, 1.82) is 0 Å². The zero-order valence-corrected chi connectivity index (χ0v) is 10.2. The molecule has 0 aromatic heterocycles. The molecule has 0 radical (unpaired) electrons. The van der Waals surface area contributed by atoms with Gasteiger partial charge in [0.05, 0.1) is 0 Å². The predicted molar refractivity (Wildman–Crippen MR) is 64.1 cm³/mol. The fourth-order valence-electron chi connectivity index (χ4n) is 1.33. The van der Waals surface area contributed by atoms with E-state index in [0.29, 0.717) is 6.42 Å². The lowest BCUT2D eigenvalue weighted by molar-refractivity contribution is 0.247. The van der Waals surface area contributed by atoms with Crippen LogP contribution in [0.1, 0.15) is 18.9 Å². The van der Waals surface area contributed by atoms with Gasteiger partial charge in [-0.15, -0.1) is 0 Å². The lowest BCUT2D eigenvalue weighted by Gasteiger charge is -2.25. The molecule has 1 rings (SSSR count). The van der Waals surface area contributed by atoms with Crippen LogP contribution in [0, 0.1) is 3.57 Å². The maximum Gasteiger partial charge on any atom is 0.116 e. The third-order valence-electron chi connectivity index (χ3n) is 2.20. The van der Waals surface area contributed by atoms with Gasteiger partial charge in [-0.2, -0.15) is 0 Å². The van der Waals surface area contributed by atoms with Crippen molar-refractivity contribution in [3.05, 3.63) is 27.3 Å². The van der Waals surface area contributed by atoms with Crippen LogP contribution in [0.25, 0.3) is 0 Å². The van der Waals surface area contributed by atoms with Crippen LogP contribution in [-0.2, 0) is 5.54 Å². The summed E-state index contributed by atoms with van der Waals surface area (Å²) < 4.78 is 0.918. The number of hydrogen-bond donors (Lipinski definition) is 3. The minimum absolute atomic E-state index is 0.0595. The number of halogens is 1. The van der Waals surface area contributed by atoms with Crippen LogP contribution in [0.15, 0.2) is 18.2 Å². The number of aliphatic hydroxyl groups is 1. The number of benzene rings is 1. The number of aromatic hydroxyl groups is 1. The SMILES string of the molecule is C[C@@](N)(CCO)c1ccc(O)cc1I. The molecule has 0 aliphatic rings. The molecule has 0 aliphatic heterocycles. The largest absolute Gasteiger partial charge is 0.508 e. The highest BCUT2D eigenvalue weighted by atomic mass is 127. The van der Waals surface area contributed by atoms with Crippen molar-refractivity contribution in [2.24, 2.45) is 5.73 Å². The molecule has 78 valence electrons. The first-order valence-corrected chi connectivity index (χ1v) is 5.44. The smallest absolute Gasteiger partial charge is 0.116 e. The van der Waals surface area contributed by atoms with Crippen LogP contribution in [0.2, 0.25) is 0 Å². The summed E-state index contributed by atoms with van der Waals surface area (Å²) >= 11 is 2.13. The van der Waals surface area contributed by atoms with Gasteiger partial charge in [-0.1, -0.05) is 6.07 Å². The molecular weight excluding hydrogens is 293 g/mol. The fourth-order valence-corrected chi connectivity index (χ4v) is 2.45. The van der Waals surface area contributed by atoms with Gasteiger partial charge >= 0.3 is 0 Å². The number of nitrogens with two attached hydrogens (primary N) is 1. The molecule has 0 fully saturated rings. The summed E-state index contributed by atoms with van der Waals surface area (Å²) in [4.78, 5) is 0. The van der Waals surface area contributed by atoms with Gasteiger partial charge in [-0.25, -0.2) is 0 Å². The van der Waals surface area contributed by atoms with Gasteiger partial charge in [0.2, 0.25) is 0 Å². The lowest BCUT2D eigenvalue weighted by atomic mass is 9.90. The summed E-state index contributed by atoms with van der Waals surface area (Å²) in [6.07, 6.45) is 0.508. The first-order chi connectivity index (χ1) is 6.47. The Morgan fingerprint density at radius 2 is 2.14 bits per heavy atom. The summed E-state index contributed by atoms with van der Waals surface area (Å²) in [7, 11) is 0. The Morgan fingerprint density at radius 1 is 1.50 bits per heavy atom. The van der Waals surface area contributed by atoms with E-state index in [1.54, 1.807) is 18.2 Å². The van der Waals surface area contributed by atoms with Gasteiger partial charge in [0.25, 0.3) is 0 Å². The average Bonchev–Trinajstić information content (AvgIpc) is 2.02. The standard InChI is InChI=1S/C10H14INO2/c1-10(12,4-5-13)8-3-2-7(14)6-9(8)11/h2-3,6,13-14H,4-5,12H2,1H3/t10-/m1/s1. The molecule has 0 unspecified atom stereocenters.